The first kappa shape index (κ1) is 17.2. The monoisotopic (exact) mass is 334 g/mol. The molecule has 3 rings (SSSR count). The van der Waals surface area contributed by atoms with Crippen molar-refractivity contribution in [1.82, 2.24) is 4.98 Å². The van der Waals surface area contributed by atoms with Crippen molar-refractivity contribution < 1.29 is 0 Å². The summed E-state index contributed by atoms with van der Waals surface area (Å²) in [7, 11) is 1.90. The molecule has 0 bridgehead atoms. The van der Waals surface area contributed by atoms with Crippen molar-refractivity contribution in [2.24, 2.45) is 11.1 Å². The Morgan fingerprint density at radius 2 is 2.04 bits per heavy atom. The SMILES string of the molecule is CNc1cc(C(=N)C2=C(N)CC(C)(C)CC2)cc(-c2cccnc2)c1. The summed E-state index contributed by atoms with van der Waals surface area (Å²) >= 11 is 0. The number of nitrogens with two attached hydrogens (primary N) is 1. The molecule has 0 atom stereocenters. The molecule has 0 aliphatic heterocycles. The molecule has 0 unspecified atom stereocenters. The van der Waals surface area contributed by atoms with E-state index in [2.05, 4.69) is 36.3 Å². The number of aromatic nitrogens is 1. The van der Waals surface area contributed by atoms with Gasteiger partial charge in [-0.2, -0.15) is 0 Å². The molecule has 1 heterocycles. The fourth-order valence-electron chi connectivity index (χ4n) is 3.41. The van der Waals surface area contributed by atoms with Crippen LogP contribution in [0.1, 0.15) is 38.7 Å². The molecule has 1 aliphatic carbocycles. The number of rotatable bonds is 4. The van der Waals surface area contributed by atoms with Crippen molar-refractivity contribution in [3.05, 3.63) is 59.6 Å². The van der Waals surface area contributed by atoms with E-state index >= 15 is 0 Å². The molecule has 2 aromatic rings. The highest BCUT2D eigenvalue weighted by Gasteiger charge is 2.27. The predicted molar refractivity (Wildman–Crippen MR) is 105 cm³/mol. The molecule has 1 aromatic carbocycles. The van der Waals surface area contributed by atoms with Gasteiger partial charge in [-0.3, -0.25) is 10.4 Å². The molecule has 4 nitrogen and oxygen atoms in total. The van der Waals surface area contributed by atoms with Crippen LogP contribution >= 0.6 is 0 Å². The molecule has 4 heteroatoms. The van der Waals surface area contributed by atoms with E-state index in [4.69, 9.17) is 11.1 Å². The molecule has 0 saturated carbocycles. The maximum Gasteiger partial charge on any atom is 0.0662 e. The van der Waals surface area contributed by atoms with Crippen LogP contribution in [0, 0.1) is 10.8 Å². The van der Waals surface area contributed by atoms with Gasteiger partial charge in [0.25, 0.3) is 0 Å². The lowest BCUT2D eigenvalue weighted by Crippen LogP contribution is -2.25. The van der Waals surface area contributed by atoms with Crippen molar-refractivity contribution in [1.29, 1.82) is 5.41 Å². The average molecular weight is 334 g/mol. The first-order chi connectivity index (χ1) is 11.9. The zero-order valence-electron chi connectivity index (χ0n) is 15.2. The number of nitrogens with one attached hydrogen (secondary N) is 2. The molecule has 1 aromatic heterocycles. The third-order valence-corrected chi connectivity index (χ3v) is 4.92. The fraction of sp³-hybridized carbons (Fsp3) is 0.333. The minimum atomic E-state index is 0.224. The van der Waals surface area contributed by atoms with E-state index in [1.807, 2.05) is 31.4 Å². The Morgan fingerprint density at radius 3 is 2.68 bits per heavy atom. The summed E-state index contributed by atoms with van der Waals surface area (Å²) in [5.41, 5.74) is 12.9. The summed E-state index contributed by atoms with van der Waals surface area (Å²) in [6.07, 6.45) is 6.39. The van der Waals surface area contributed by atoms with Crippen molar-refractivity contribution in [2.45, 2.75) is 33.1 Å². The van der Waals surface area contributed by atoms with Gasteiger partial charge in [0.1, 0.15) is 0 Å². The average Bonchev–Trinajstić information content (AvgIpc) is 2.61. The first-order valence-electron chi connectivity index (χ1n) is 8.70. The Bertz CT molecular complexity index is 819. The summed E-state index contributed by atoms with van der Waals surface area (Å²) in [6, 6.07) is 10.1. The molecular formula is C21H26N4. The molecule has 1 aliphatic rings. The topological polar surface area (TPSA) is 74.8 Å². The quantitative estimate of drug-likeness (QED) is 0.716. The molecule has 0 radical (unpaired) electrons. The van der Waals surface area contributed by atoms with Crippen LogP contribution in [0.3, 0.4) is 0 Å². The van der Waals surface area contributed by atoms with Crippen LogP contribution in [0.4, 0.5) is 5.69 Å². The van der Waals surface area contributed by atoms with E-state index < -0.39 is 0 Å². The molecule has 4 N–H and O–H groups in total. The molecule has 0 saturated heterocycles. The Labute approximate surface area is 149 Å². The van der Waals surface area contributed by atoms with Gasteiger partial charge in [-0.1, -0.05) is 19.9 Å². The third-order valence-electron chi connectivity index (χ3n) is 4.92. The van der Waals surface area contributed by atoms with Gasteiger partial charge < -0.3 is 11.1 Å². The minimum absolute atomic E-state index is 0.224. The summed E-state index contributed by atoms with van der Waals surface area (Å²) < 4.78 is 0. The van der Waals surface area contributed by atoms with Gasteiger partial charge in [-0.15, -0.1) is 0 Å². The van der Waals surface area contributed by atoms with E-state index in [1.54, 1.807) is 6.20 Å². The maximum absolute atomic E-state index is 8.73. The first-order valence-corrected chi connectivity index (χ1v) is 8.70. The van der Waals surface area contributed by atoms with Crippen molar-refractivity contribution in [3.63, 3.8) is 0 Å². The summed E-state index contributed by atoms with van der Waals surface area (Å²) in [5.74, 6) is 0. The second kappa shape index (κ2) is 6.71. The highest BCUT2D eigenvalue weighted by molar-refractivity contribution is 6.12. The van der Waals surface area contributed by atoms with Crippen LogP contribution in [0.5, 0.6) is 0 Å². The number of hydrogen-bond acceptors (Lipinski definition) is 4. The lowest BCUT2D eigenvalue weighted by molar-refractivity contribution is 0.315. The van der Waals surface area contributed by atoms with E-state index in [-0.39, 0.29) is 5.41 Å². The Morgan fingerprint density at radius 1 is 1.24 bits per heavy atom. The standard InChI is InChI=1S/C21H26N4/c1-21(2)7-6-18(19(22)12-21)20(23)16-9-15(10-17(11-16)24-3)14-5-4-8-25-13-14/h4-5,8-11,13,23-24H,6-7,12,22H2,1-3H3. The third kappa shape index (κ3) is 3.73. The number of nitrogens with zero attached hydrogens (tertiary/aromatic N) is 1. The Hall–Kier alpha value is -2.62. The highest BCUT2D eigenvalue weighted by Crippen LogP contribution is 2.38. The zero-order valence-corrected chi connectivity index (χ0v) is 15.2. The van der Waals surface area contributed by atoms with Crippen LogP contribution in [0.25, 0.3) is 11.1 Å². The van der Waals surface area contributed by atoms with Crippen LogP contribution in [-0.4, -0.2) is 17.7 Å². The van der Waals surface area contributed by atoms with Gasteiger partial charge in [0, 0.05) is 42.0 Å². The zero-order chi connectivity index (χ0) is 18.0. The van der Waals surface area contributed by atoms with Gasteiger partial charge in [-0.05, 0) is 60.1 Å². The van der Waals surface area contributed by atoms with Gasteiger partial charge >= 0.3 is 0 Å². The number of allylic oxidation sites excluding steroid dienone is 2. The number of benzene rings is 1. The van der Waals surface area contributed by atoms with E-state index in [1.165, 1.54) is 0 Å². The van der Waals surface area contributed by atoms with Crippen LogP contribution in [-0.2, 0) is 0 Å². The largest absolute Gasteiger partial charge is 0.402 e. The maximum atomic E-state index is 8.73. The fourth-order valence-corrected chi connectivity index (χ4v) is 3.41. The molecule has 0 spiro atoms. The van der Waals surface area contributed by atoms with Crippen molar-refractivity contribution in [2.75, 3.05) is 12.4 Å². The lowest BCUT2D eigenvalue weighted by Gasteiger charge is -2.32. The second-order valence-corrected chi connectivity index (χ2v) is 7.51. The Kier molecular flexibility index (Phi) is 4.62. The van der Waals surface area contributed by atoms with Gasteiger partial charge in [-0.25, -0.2) is 0 Å². The minimum Gasteiger partial charge on any atom is -0.402 e. The lowest BCUT2D eigenvalue weighted by atomic mass is 9.75. The van der Waals surface area contributed by atoms with Gasteiger partial charge in [0.2, 0.25) is 0 Å². The summed E-state index contributed by atoms with van der Waals surface area (Å²) in [4.78, 5) is 4.21. The Balaban J connectivity index is 2.01. The summed E-state index contributed by atoms with van der Waals surface area (Å²) in [5, 5.41) is 11.9. The van der Waals surface area contributed by atoms with E-state index in [0.29, 0.717) is 5.71 Å². The van der Waals surface area contributed by atoms with E-state index in [9.17, 15) is 0 Å². The predicted octanol–water partition coefficient (Wildman–Crippen LogP) is 4.58. The van der Waals surface area contributed by atoms with Crippen LogP contribution in [0.2, 0.25) is 0 Å². The molecule has 25 heavy (non-hydrogen) atoms. The van der Waals surface area contributed by atoms with Crippen LogP contribution in [0.15, 0.2) is 54.0 Å². The van der Waals surface area contributed by atoms with Gasteiger partial charge in [0.05, 0.1) is 5.71 Å². The van der Waals surface area contributed by atoms with Crippen LogP contribution < -0.4 is 11.1 Å². The smallest absolute Gasteiger partial charge is 0.0662 e. The van der Waals surface area contributed by atoms with Gasteiger partial charge in [0.15, 0.2) is 0 Å². The number of pyridine rings is 1. The molecule has 0 amide bonds. The highest BCUT2D eigenvalue weighted by atomic mass is 14.8. The summed E-state index contributed by atoms with van der Waals surface area (Å²) in [6.45, 7) is 4.48. The second-order valence-electron chi connectivity index (χ2n) is 7.51. The molecule has 0 fully saturated rings. The van der Waals surface area contributed by atoms with Crippen molar-refractivity contribution >= 4 is 11.4 Å². The van der Waals surface area contributed by atoms with Crippen molar-refractivity contribution in [3.8, 4) is 11.1 Å². The number of anilines is 1. The normalized spacial score (nSPS) is 16.6. The molecule has 130 valence electrons. The van der Waals surface area contributed by atoms with E-state index in [0.717, 1.165) is 52.9 Å². The number of hydrogen-bond donors (Lipinski definition) is 3. The molecular weight excluding hydrogens is 308 g/mol.